The van der Waals surface area contributed by atoms with Gasteiger partial charge in [-0.25, -0.2) is 74.7 Å². The molecular weight excluding hydrogens is 1990 g/mol. The average Bonchev–Trinajstić information content (AvgIpc) is 1.64. The Hall–Kier alpha value is -3.69. The molecule has 8 unspecified atom stereocenters. The molecule has 0 amide bonds. The van der Waals surface area contributed by atoms with E-state index < -0.39 is 216 Å². The summed E-state index contributed by atoms with van der Waals surface area (Å²) >= 11 is 0. The number of hydrogen-bond donors (Lipinski definition) is 24. The summed E-state index contributed by atoms with van der Waals surface area (Å²) in [6.45, 7) is -3.62. The Labute approximate surface area is 751 Å². The Morgan fingerprint density at radius 1 is 0.312 bits per heavy atom. The van der Waals surface area contributed by atoms with Crippen LogP contribution < -0.4 is 141 Å². The Morgan fingerprint density at radius 2 is 0.477 bits per heavy atom. The monoisotopic (exact) mass is 2050 g/mol. The molecule has 12 heterocycles. The second-order valence-corrected chi connectivity index (χ2v) is 41.9. The third-order valence-electron chi connectivity index (χ3n) is 15.0. The molecule has 0 saturated carbocycles. The van der Waals surface area contributed by atoms with Gasteiger partial charge in [0.05, 0.1) is 76.2 Å². The third kappa shape index (κ3) is 33.4. The van der Waals surface area contributed by atoms with Crippen molar-refractivity contribution in [1.29, 1.82) is 0 Å². The molecule has 8 aromatic rings. The van der Waals surface area contributed by atoms with Gasteiger partial charge >= 0.3 is 169 Å². The summed E-state index contributed by atoms with van der Waals surface area (Å²) in [4.78, 5) is 229. The van der Waals surface area contributed by atoms with E-state index in [1.165, 1.54) is 43.6 Å². The number of phosphoric acid groups is 12. The van der Waals surface area contributed by atoms with Crippen LogP contribution in [0.5, 0.6) is 0 Å². The zero-order chi connectivity index (χ0) is 92.8. The number of aromatic nitrogens is 16. The van der Waals surface area contributed by atoms with Gasteiger partial charge in [0, 0.05) is 0 Å². The van der Waals surface area contributed by atoms with Crippen molar-refractivity contribution in [2.45, 2.75) is 99.4 Å². The zero-order valence-corrected chi connectivity index (χ0v) is 74.5. The second kappa shape index (κ2) is 44.2. The van der Waals surface area contributed by atoms with E-state index in [1.54, 1.807) is 0 Å². The van der Waals surface area contributed by atoms with Crippen LogP contribution >= 0.6 is 93.9 Å². The number of phosphoric ester groups is 4. The SMILES string of the molecule is Nc1nc2c(ncn2[C@@H]2C[C@@H]([O-])[C@H](COP(=O)(O)OP(=O)(O)OP(=O)(O)O)O2)c(=O)[nH]1.Nc1nc2c(ncn2[C@@H]2C[C@@H]([O-])[C@H](COP(=O)(O)OP(=O)(O)OP(=O)(O)O)O2)c(=O)[nH]1.Nc1nc2c(ncn2[C@H]2C[C@H]([O-])[C@@H](COP(=O)(O)OP(=O)(O)OP(=O)(O)O)O2)c(=O)[nH]1.Nc1nc2c(ncn2[C@H]2C[C@H]([O-])[C@@H](COP(=O)(O)OP(=O)(O)OP(=O)(O)O)O2)c(=O)[nH]1.[Li+].[Li+].[Li+].[Li+]. The van der Waals surface area contributed by atoms with E-state index in [-0.39, 0.29) is 170 Å². The number of nitrogens with two attached hydrogens (primary N) is 4. The number of aromatic amines is 4. The maximum Gasteiger partial charge on any atom is 1.00 e. The molecule has 72 nitrogen and oxygen atoms in total. The van der Waals surface area contributed by atoms with Crippen molar-refractivity contribution in [3.05, 3.63) is 66.7 Å². The van der Waals surface area contributed by atoms with Gasteiger partial charge in [-0.2, -0.15) is 54.4 Å². The minimum Gasteiger partial charge on any atom is -0.850 e. The molecule has 4 aliphatic rings. The standard InChI is InChI=1S/4C10H15N5O13P3.4Li/c4*11-10-13-8-7(9(17)14-10)12-3-15(8)6-1-4(16)5(26-6)2-25-30(21,22)28-31(23,24)27-29(18,19)20;;;;/h4*3-6H,1-2H2,(H,21,22)(H,23,24)(H2,18,19,20)(H3,11,13,14,17);;;;/q4*-1;4*+1/t4*4-,5+,6+;;;;/m1100..../s1. The first-order valence-corrected chi connectivity index (χ1v) is 50.0. The summed E-state index contributed by atoms with van der Waals surface area (Å²) in [5, 5.41) is 48.9. The topological polar surface area (TPSA) is 1130 Å². The van der Waals surface area contributed by atoms with Crippen molar-refractivity contribution in [3.63, 3.8) is 0 Å². The van der Waals surface area contributed by atoms with E-state index in [9.17, 15) is 114 Å². The van der Waals surface area contributed by atoms with Gasteiger partial charge in [-0.15, -0.1) is 0 Å². The number of rotatable bonds is 32. The number of ether oxygens (including phenoxy) is 4. The van der Waals surface area contributed by atoms with E-state index in [0.29, 0.717) is 0 Å². The second-order valence-electron chi connectivity index (χ2n) is 24.3. The fourth-order valence-corrected chi connectivity index (χ4v) is 22.7. The van der Waals surface area contributed by atoms with Gasteiger partial charge in [0.15, 0.2) is 44.7 Å². The molecule has 88 heteroatoms. The van der Waals surface area contributed by atoms with Gasteiger partial charge in [-0.3, -0.25) is 75.5 Å². The fourth-order valence-electron chi connectivity index (χ4n) is 10.6. The summed E-state index contributed by atoms with van der Waals surface area (Å²) in [6.07, 6.45) is -11.7. The van der Waals surface area contributed by atoms with Crippen LogP contribution in [-0.4, -0.2) is 232 Å². The predicted octanol–water partition coefficient (Wildman–Crippen LogP) is -19.7. The van der Waals surface area contributed by atoms with Crippen molar-refractivity contribution in [2.75, 3.05) is 49.4 Å². The molecule has 20 atom stereocenters. The fraction of sp³-hybridized carbons (Fsp3) is 0.500. The summed E-state index contributed by atoms with van der Waals surface area (Å²) in [6, 6.07) is 0. The molecule has 28 N–H and O–H groups in total. The minimum atomic E-state index is -5.69. The molecule has 8 aromatic heterocycles. The molecule has 0 spiro atoms. The molecular formula is C40H60Li4N20O52P12. The van der Waals surface area contributed by atoms with Crippen molar-refractivity contribution < 1.29 is 300 Å². The smallest absolute Gasteiger partial charge is 0.850 e. The number of fused-ring (bicyclic) bond motifs is 4. The van der Waals surface area contributed by atoms with Gasteiger partial charge in [0.2, 0.25) is 23.8 Å². The number of H-pyrrole nitrogens is 4. The van der Waals surface area contributed by atoms with E-state index in [4.69, 9.17) is 101 Å². The van der Waals surface area contributed by atoms with Crippen LogP contribution in [0.3, 0.4) is 0 Å². The maximum absolute atomic E-state index is 12.2. The molecule has 128 heavy (non-hydrogen) atoms. The van der Waals surface area contributed by atoms with Crippen LogP contribution in [0.2, 0.25) is 0 Å². The number of nitrogens with zero attached hydrogens (tertiary/aromatic N) is 12. The molecule has 4 aliphatic heterocycles. The first-order valence-electron chi connectivity index (χ1n) is 31.9. The number of nitrogens with one attached hydrogen (secondary N) is 4. The number of hydrogen-bond acceptors (Lipinski definition) is 48. The molecule has 696 valence electrons. The molecule has 12 rings (SSSR count). The Morgan fingerprint density at radius 3 is 0.633 bits per heavy atom. The van der Waals surface area contributed by atoms with E-state index >= 15 is 0 Å². The largest absolute Gasteiger partial charge is 1.00 e. The Balaban J connectivity index is 0.000000299. The van der Waals surface area contributed by atoms with E-state index in [1.807, 2.05) is 0 Å². The van der Waals surface area contributed by atoms with Crippen molar-refractivity contribution >= 4 is 162 Å². The van der Waals surface area contributed by atoms with Gasteiger partial charge in [-0.05, 0) is 25.7 Å². The molecule has 4 saturated heterocycles. The first-order chi connectivity index (χ1) is 56.6. The van der Waals surface area contributed by atoms with Crippen molar-refractivity contribution in [2.24, 2.45) is 0 Å². The predicted molar refractivity (Wildman–Crippen MR) is 379 cm³/mol. The number of nitrogen functional groups attached to an aromatic ring is 4. The van der Waals surface area contributed by atoms with Crippen LogP contribution in [0.15, 0.2) is 44.5 Å². The van der Waals surface area contributed by atoms with Crippen molar-refractivity contribution in [3.8, 4) is 0 Å². The van der Waals surface area contributed by atoms with Gasteiger partial charge < -0.3 is 141 Å². The summed E-state index contributed by atoms with van der Waals surface area (Å²) in [7, 11) is -66.5. The van der Waals surface area contributed by atoms with Crippen molar-refractivity contribution in [1.82, 2.24) is 78.1 Å². The Kier molecular flexibility index (Phi) is 39.6. The molecule has 4 fully saturated rings. The normalized spacial score (nSPS) is 25.2. The number of imidazole rings is 4. The van der Waals surface area contributed by atoms with Gasteiger partial charge in [0.25, 0.3) is 22.2 Å². The van der Waals surface area contributed by atoms with Crippen LogP contribution in [0, 0.1) is 0 Å². The third-order valence-corrected chi connectivity index (χ3v) is 30.2. The van der Waals surface area contributed by atoms with Crippen LogP contribution in [0.1, 0.15) is 50.6 Å². The van der Waals surface area contributed by atoms with E-state index in [2.05, 4.69) is 112 Å². The van der Waals surface area contributed by atoms with Crippen LogP contribution in [0.25, 0.3) is 44.7 Å². The zero-order valence-electron chi connectivity index (χ0n) is 63.8. The molecule has 0 bridgehead atoms. The van der Waals surface area contributed by atoms with Crippen LogP contribution in [-0.2, 0) is 126 Å². The van der Waals surface area contributed by atoms with Gasteiger partial charge in [0.1, 0.15) is 24.9 Å². The van der Waals surface area contributed by atoms with Crippen LogP contribution in [0.4, 0.5) is 23.8 Å². The maximum atomic E-state index is 12.2. The molecule has 0 radical (unpaired) electrons. The average molecular weight is 2050 g/mol. The first kappa shape index (κ1) is 115. The number of anilines is 4. The van der Waals surface area contributed by atoms with Gasteiger partial charge in [-0.1, -0.05) is 24.4 Å². The van der Waals surface area contributed by atoms with E-state index in [0.717, 1.165) is 0 Å². The molecule has 0 aromatic carbocycles. The minimum absolute atomic E-state index is 0. The summed E-state index contributed by atoms with van der Waals surface area (Å²) in [5.41, 5.74) is 19.2. The Bertz CT molecular complexity index is 5450. The summed E-state index contributed by atoms with van der Waals surface area (Å²) in [5.74, 6) is -0.833. The summed E-state index contributed by atoms with van der Waals surface area (Å²) < 4.78 is 207. The quantitative estimate of drug-likeness (QED) is 0.0137. The molecule has 0 aliphatic carbocycles.